The average Bonchev–Trinajstić information content (AvgIpc) is 2.84. The van der Waals surface area contributed by atoms with Crippen LogP contribution in [-0.2, 0) is 6.42 Å². The Morgan fingerprint density at radius 1 is 1.59 bits per heavy atom. The summed E-state index contributed by atoms with van der Waals surface area (Å²) in [5.74, 6) is -0.486. The van der Waals surface area contributed by atoms with Crippen molar-refractivity contribution in [1.29, 1.82) is 0 Å². The van der Waals surface area contributed by atoms with Crippen LogP contribution in [0.2, 0.25) is 0 Å². The molecule has 17 heavy (non-hydrogen) atoms. The van der Waals surface area contributed by atoms with Crippen LogP contribution in [0.1, 0.15) is 28.0 Å². The molecule has 1 N–H and O–H groups in total. The molecule has 0 saturated carbocycles. The van der Waals surface area contributed by atoms with Gasteiger partial charge >= 0.3 is 5.97 Å². The van der Waals surface area contributed by atoms with E-state index in [9.17, 15) is 4.79 Å². The summed E-state index contributed by atoms with van der Waals surface area (Å²) in [6, 6.07) is 3.43. The van der Waals surface area contributed by atoms with Gasteiger partial charge in [-0.1, -0.05) is 6.92 Å². The van der Waals surface area contributed by atoms with E-state index in [0.717, 1.165) is 17.8 Å². The van der Waals surface area contributed by atoms with E-state index in [1.54, 1.807) is 12.1 Å². The second kappa shape index (κ2) is 5.01. The first kappa shape index (κ1) is 12.3. The number of hydrogen-bond acceptors (Lipinski definition) is 4. The Bertz CT molecular complexity index is 547. The lowest BCUT2D eigenvalue weighted by molar-refractivity contribution is 0.0702. The monoisotopic (exact) mass is 315 g/mol. The highest BCUT2D eigenvalue weighted by atomic mass is 79.9. The van der Waals surface area contributed by atoms with Crippen LogP contribution in [0.4, 0.5) is 0 Å². The predicted octanol–water partition coefficient (Wildman–Crippen LogP) is 3.82. The molecule has 0 aromatic carbocycles. The van der Waals surface area contributed by atoms with Crippen molar-refractivity contribution in [3.63, 3.8) is 0 Å². The van der Waals surface area contributed by atoms with Gasteiger partial charge in [-0.25, -0.2) is 9.78 Å². The average molecular weight is 316 g/mol. The third kappa shape index (κ3) is 2.58. The lowest BCUT2D eigenvalue weighted by Crippen LogP contribution is -1.94. The number of nitrogens with zero attached hydrogens (tertiary/aromatic N) is 1. The predicted molar refractivity (Wildman–Crippen MR) is 68.5 cm³/mol. The van der Waals surface area contributed by atoms with E-state index in [1.807, 2.05) is 6.92 Å². The molecular weight excluding hydrogens is 306 g/mol. The van der Waals surface area contributed by atoms with E-state index in [-0.39, 0.29) is 4.88 Å². The van der Waals surface area contributed by atoms with Gasteiger partial charge in [-0.2, -0.15) is 0 Å². The zero-order valence-electron chi connectivity index (χ0n) is 9.07. The van der Waals surface area contributed by atoms with E-state index in [2.05, 4.69) is 20.9 Å². The molecule has 6 heteroatoms. The van der Waals surface area contributed by atoms with Crippen LogP contribution in [0, 0.1) is 0 Å². The molecule has 4 nitrogen and oxygen atoms in total. The van der Waals surface area contributed by atoms with E-state index >= 15 is 0 Å². The van der Waals surface area contributed by atoms with E-state index in [4.69, 9.17) is 9.52 Å². The van der Waals surface area contributed by atoms with Gasteiger partial charge in [0, 0.05) is 0 Å². The third-order valence-electron chi connectivity index (χ3n) is 2.14. The Hall–Kier alpha value is -1.14. The second-order valence-corrected chi connectivity index (χ2v) is 5.31. The fourth-order valence-electron chi connectivity index (χ4n) is 1.44. The van der Waals surface area contributed by atoms with Crippen molar-refractivity contribution in [2.75, 3.05) is 0 Å². The van der Waals surface area contributed by atoms with Gasteiger partial charge < -0.3 is 9.52 Å². The number of halogens is 1. The van der Waals surface area contributed by atoms with Crippen molar-refractivity contribution in [2.45, 2.75) is 19.8 Å². The highest BCUT2D eigenvalue weighted by Crippen LogP contribution is 2.31. The van der Waals surface area contributed by atoms with Crippen LogP contribution in [0.15, 0.2) is 21.2 Å². The number of hydrogen-bond donors (Lipinski definition) is 1. The minimum absolute atomic E-state index is 0.232. The molecule has 2 aromatic heterocycles. The lowest BCUT2D eigenvalue weighted by atomic mass is 10.3. The summed E-state index contributed by atoms with van der Waals surface area (Å²) >= 11 is 4.40. The molecule has 90 valence electrons. The van der Waals surface area contributed by atoms with Crippen molar-refractivity contribution in [3.05, 3.63) is 26.7 Å². The van der Waals surface area contributed by atoms with Gasteiger partial charge in [0.25, 0.3) is 0 Å². The standard InChI is InChI=1S/C11H10BrNO3S/c1-2-3-8-13-9(10(17-8)11(14)15)6-4-5-7(12)16-6/h4-5H,2-3H2,1H3,(H,14,15). The fraction of sp³-hybridized carbons (Fsp3) is 0.273. The normalized spacial score (nSPS) is 10.7. The van der Waals surface area contributed by atoms with Crippen LogP contribution < -0.4 is 0 Å². The minimum Gasteiger partial charge on any atom is -0.477 e. The van der Waals surface area contributed by atoms with Crippen molar-refractivity contribution in [2.24, 2.45) is 0 Å². The minimum atomic E-state index is -0.965. The molecule has 2 heterocycles. The van der Waals surface area contributed by atoms with Gasteiger partial charge in [0.1, 0.15) is 10.6 Å². The molecule has 0 fully saturated rings. The first-order valence-corrected chi connectivity index (χ1v) is 6.71. The molecule has 0 aliphatic rings. The van der Waals surface area contributed by atoms with Crippen LogP contribution >= 0.6 is 27.3 Å². The molecule has 0 unspecified atom stereocenters. The van der Waals surface area contributed by atoms with Crippen LogP contribution in [0.25, 0.3) is 11.5 Å². The van der Waals surface area contributed by atoms with Crippen molar-refractivity contribution < 1.29 is 14.3 Å². The molecule has 0 aliphatic carbocycles. The third-order valence-corrected chi connectivity index (χ3v) is 3.67. The molecule has 0 aliphatic heterocycles. The Balaban J connectivity index is 2.47. The quantitative estimate of drug-likeness (QED) is 0.931. The molecule has 2 rings (SSSR count). The molecule has 0 spiro atoms. The maximum atomic E-state index is 11.1. The number of carbonyl (C=O) groups is 1. The summed E-state index contributed by atoms with van der Waals surface area (Å²) < 4.78 is 5.91. The summed E-state index contributed by atoms with van der Waals surface area (Å²) in [7, 11) is 0. The highest BCUT2D eigenvalue weighted by molar-refractivity contribution is 9.10. The van der Waals surface area contributed by atoms with E-state index < -0.39 is 5.97 Å². The maximum absolute atomic E-state index is 11.1. The number of aromatic carboxylic acids is 1. The molecule has 0 atom stereocenters. The topological polar surface area (TPSA) is 63.3 Å². The van der Waals surface area contributed by atoms with Crippen molar-refractivity contribution >= 4 is 33.2 Å². The number of rotatable bonds is 4. The van der Waals surface area contributed by atoms with Crippen LogP contribution in [0.3, 0.4) is 0 Å². The Labute approximate surface area is 110 Å². The highest BCUT2D eigenvalue weighted by Gasteiger charge is 2.20. The molecule has 0 saturated heterocycles. The van der Waals surface area contributed by atoms with Gasteiger partial charge in [-0.3, -0.25) is 0 Å². The zero-order chi connectivity index (χ0) is 12.4. The smallest absolute Gasteiger partial charge is 0.348 e. The zero-order valence-corrected chi connectivity index (χ0v) is 11.5. The summed E-state index contributed by atoms with van der Waals surface area (Å²) in [5, 5.41) is 9.96. The first-order chi connectivity index (χ1) is 8.11. The molecule has 0 bridgehead atoms. The number of aromatic nitrogens is 1. The lowest BCUT2D eigenvalue weighted by Gasteiger charge is -1.92. The van der Waals surface area contributed by atoms with Gasteiger partial charge in [0.15, 0.2) is 10.4 Å². The summed E-state index contributed by atoms with van der Waals surface area (Å²) in [6.07, 6.45) is 1.72. The van der Waals surface area contributed by atoms with Gasteiger partial charge in [-0.15, -0.1) is 11.3 Å². The molecular formula is C11H10BrNO3S. The van der Waals surface area contributed by atoms with Crippen LogP contribution in [-0.4, -0.2) is 16.1 Å². The largest absolute Gasteiger partial charge is 0.477 e. The van der Waals surface area contributed by atoms with Gasteiger partial charge in [0.2, 0.25) is 0 Å². The number of aryl methyl sites for hydroxylation is 1. The van der Waals surface area contributed by atoms with Crippen molar-refractivity contribution in [3.8, 4) is 11.5 Å². The summed E-state index contributed by atoms with van der Waals surface area (Å²) in [6.45, 7) is 2.03. The maximum Gasteiger partial charge on any atom is 0.348 e. The summed E-state index contributed by atoms with van der Waals surface area (Å²) in [4.78, 5) is 15.7. The number of furan rings is 1. The molecule has 0 radical (unpaired) electrons. The number of thiazole rings is 1. The molecule has 0 amide bonds. The molecule has 2 aromatic rings. The van der Waals surface area contributed by atoms with Gasteiger partial charge in [0.05, 0.1) is 5.01 Å². The first-order valence-electron chi connectivity index (χ1n) is 5.10. The fourth-order valence-corrected chi connectivity index (χ4v) is 2.75. The van der Waals surface area contributed by atoms with Crippen molar-refractivity contribution in [1.82, 2.24) is 4.98 Å². The van der Waals surface area contributed by atoms with Gasteiger partial charge in [-0.05, 0) is 40.9 Å². The Morgan fingerprint density at radius 2 is 2.35 bits per heavy atom. The number of carboxylic acids is 1. The van der Waals surface area contributed by atoms with Crippen LogP contribution in [0.5, 0.6) is 0 Å². The summed E-state index contributed by atoms with van der Waals surface area (Å²) in [5.41, 5.74) is 0.414. The van der Waals surface area contributed by atoms with E-state index in [0.29, 0.717) is 16.1 Å². The Morgan fingerprint density at radius 3 is 2.88 bits per heavy atom. The number of carboxylic acid groups (broad SMARTS) is 1. The van der Waals surface area contributed by atoms with E-state index in [1.165, 1.54) is 11.3 Å². The SMILES string of the molecule is CCCc1nc(-c2ccc(Br)o2)c(C(=O)O)s1. The Kier molecular flexibility index (Phi) is 3.63. The second-order valence-electron chi connectivity index (χ2n) is 3.44.